The Bertz CT molecular complexity index is 347. The largest absolute Gasteiger partial charge is 0.295 e. The number of rotatable bonds is 1. The van der Waals surface area contributed by atoms with Gasteiger partial charge in [0.2, 0.25) is 5.91 Å². The van der Waals surface area contributed by atoms with Crippen LogP contribution >= 0.6 is 11.8 Å². The standard InChI is InChI=1S/C8H10N4O2S/c1-15-8(10-4-9)11-5-2-3-6(13)12-7(5)14/h5H,2-3H2,1H3,(H,10,11)(H,12,13,14). The Morgan fingerprint density at radius 2 is 2.47 bits per heavy atom. The van der Waals surface area contributed by atoms with Crippen LogP contribution in [0.25, 0.3) is 0 Å². The molecule has 7 heteroatoms. The molecule has 2 N–H and O–H groups in total. The summed E-state index contributed by atoms with van der Waals surface area (Å²) in [6.07, 6.45) is 4.15. The minimum absolute atomic E-state index is 0.273. The summed E-state index contributed by atoms with van der Waals surface area (Å²) < 4.78 is 0. The third-order valence-electron chi connectivity index (χ3n) is 1.84. The highest BCUT2D eigenvalue weighted by molar-refractivity contribution is 8.13. The molecule has 1 rings (SSSR count). The van der Waals surface area contributed by atoms with Crippen LogP contribution in [0.5, 0.6) is 0 Å². The van der Waals surface area contributed by atoms with Crippen LogP contribution < -0.4 is 10.6 Å². The van der Waals surface area contributed by atoms with Crippen molar-refractivity contribution in [2.75, 3.05) is 6.26 Å². The van der Waals surface area contributed by atoms with E-state index in [0.717, 1.165) is 0 Å². The summed E-state index contributed by atoms with van der Waals surface area (Å²) in [5.74, 6) is -0.678. The average molecular weight is 226 g/mol. The topological polar surface area (TPSA) is 94.3 Å². The average Bonchev–Trinajstić information content (AvgIpc) is 2.21. The van der Waals surface area contributed by atoms with Crippen LogP contribution in [0.2, 0.25) is 0 Å². The molecular weight excluding hydrogens is 216 g/mol. The lowest BCUT2D eigenvalue weighted by atomic mass is 10.1. The fourth-order valence-corrected chi connectivity index (χ4v) is 1.51. The molecule has 1 atom stereocenters. The maximum absolute atomic E-state index is 11.3. The first-order valence-electron chi connectivity index (χ1n) is 4.28. The number of nitrogens with zero attached hydrogens (tertiary/aromatic N) is 2. The van der Waals surface area contributed by atoms with E-state index in [1.165, 1.54) is 11.8 Å². The summed E-state index contributed by atoms with van der Waals surface area (Å²) >= 11 is 1.24. The number of thioether (sulfide) groups is 1. The van der Waals surface area contributed by atoms with Crippen LogP contribution in [0.1, 0.15) is 12.8 Å². The van der Waals surface area contributed by atoms with Crippen molar-refractivity contribution in [3.63, 3.8) is 0 Å². The highest BCUT2D eigenvalue weighted by Gasteiger charge is 2.26. The predicted octanol–water partition coefficient (Wildman–Crippen LogP) is -0.419. The van der Waals surface area contributed by atoms with E-state index in [-0.39, 0.29) is 12.3 Å². The molecule has 1 heterocycles. The van der Waals surface area contributed by atoms with Crippen molar-refractivity contribution < 1.29 is 9.59 Å². The number of nitrogens with one attached hydrogen (secondary N) is 2. The van der Waals surface area contributed by atoms with Crippen molar-refractivity contribution in [3.8, 4) is 6.19 Å². The Morgan fingerprint density at radius 1 is 1.73 bits per heavy atom. The maximum Gasteiger partial charge on any atom is 0.251 e. The molecule has 1 aliphatic rings. The van der Waals surface area contributed by atoms with E-state index >= 15 is 0 Å². The number of amidine groups is 1. The first-order valence-corrected chi connectivity index (χ1v) is 5.50. The van der Waals surface area contributed by atoms with Crippen LogP contribution in [-0.2, 0) is 9.59 Å². The summed E-state index contributed by atoms with van der Waals surface area (Å²) in [6.45, 7) is 0. The second-order valence-electron chi connectivity index (χ2n) is 2.84. The Labute approximate surface area is 91.1 Å². The molecular formula is C8H10N4O2S. The summed E-state index contributed by atoms with van der Waals surface area (Å²) in [5, 5.41) is 13.3. The Hall–Kier alpha value is -1.55. The van der Waals surface area contributed by atoms with E-state index in [9.17, 15) is 9.59 Å². The van der Waals surface area contributed by atoms with Crippen molar-refractivity contribution in [3.05, 3.63) is 0 Å². The molecule has 0 aromatic carbocycles. The molecule has 1 aliphatic heterocycles. The number of carbonyl (C=O) groups excluding carboxylic acids is 2. The molecule has 0 aromatic heterocycles. The minimum Gasteiger partial charge on any atom is -0.295 e. The smallest absolute Gasteiger partial charge is 0.251 e. The van der Waals surface area contributed by atoms with E-state index in [4.69, 9.17) is 5.26 Å². The molecule has 80 valence electrons. The highest BCUT2D eigenvalue weighted by Crippen LogP contribution is 2.10. The second kappa shape index (κ2) is 5.36. The number of nitriles is 1. The number of hydrogen-bond donors (Lipinski definition) is 2. The zero-order valence-electron chi connectivity index (χ0n) is 8.11. The van der Waals surface area contributed by atoms with E-state index < -0.39 is 11.9 Å². The van der Waals surface area contributed by atoms with E-state index in [1.807, 2.05) is 0 Å². The molecule has 0 saturated carbocycles. The monoisotopic (exact) mass is 226 g/mol. The van der Waals surface area contributed by atoms with Crippen molar-refractivity contribution in [1.29, 1.82) is 5.26 Å². The lowest BCUT2D eigenvalue weighted by Gasteiger charge is -2.17. The number of imide groups is 1. The molecule has 1 saturated heterocycles. The highest BCUT2D eigenvalue weighted by atomic mass is 32.2. The molecule has 1 fully saturated rings. The molecule has 6 nitrogen and oxygen atoms in total. The summed E-state index contributed by atoms with van der Waals surface area (Å²) in [6, 6.07) is -0.578. The number of carbonyl (C=O) groups is 2. The van der Waals surface area contributed by atoms with Crippen LogP contribution in [0.3, 0.4) is 0 Å². The summed E-state index contributed by atoms with van der Waals surface area (Å²) in [7, 11) is 0. The Kier molecular flexibility index (Phi) is 4.12. The van der Waals surface area contributed by atoms with Crippen molar-refractivity contribution in [2.45, 2.75) is 18.9 Å². The lowest BCUT2D eigenvalue weighted by Crippen LogP contribution is -2.43. The molecule has 0 aromatic rings. The van der Waals surface area contributed by atoms with Crippen molar-refractivity contribution in [1.82, 2.24) is 10.6 Å². The molecule has 0 bridgehead atoms. The van der Waals surface area contributed by atoms with Gasteiger partial charge in [-0.3, -0.25) is 20.2 Å². The molecule has 1 unspecified atom stereocenters. The van der Waals surface area contributed by atoms with Crippen LogP contribution in [0, 0.1) is 11.5 Å². The summed E-state index contributed by atoms with van der Waals surface area (Å²) in [5.41, 5.74) is 0. The number of amides is 2. The third-order valence-corrected chi connectivity index (χ3v) is 2.43. The predicted molar refractivity (Wildman–Crippen MR) is 55.9 cm³/mol. The Morgan fingerprint density at radius 3 is 3.00 bits per heavy atom. The lowest BCUT2D eigenvalue weighted by molar-refractivity contribution is -0.133. The first-order chi connectivity index (χ1) is 7.17. The third kappa shape index (κ3) is 3.25. The molecule has 0 spiro atoms. The van der Waals surface area contributed by atoms with Gasteiger partial charge in [0.15, 0.2) is 11.4 Å². The molecule has 15 heavy (non-hydrogen) atoms. The van der Waals surface area contributed by atoms with Crippen molar-refractivity contribution >= 4 is 28.7 Å². The van der Waals surface area contributed by atoms with Gasteiger partial charge in [-0.25, -0.2) is 4.99 Å². The number of hydrogen-bond acceptors (Lipinski definition) is 5. The number of piperidine rings is 1. The van der Waals surface area contributed by atoms with Crippen LogP contribution in [0.4, 0.5) is 0 Å². The van der Waals surface area contributed by atoms with E-state index in [0.29, 0.717) is 11.6 Å². The van der Waals surface area contributed by atoms with Gasteiger partial charge in [-0.15, -0.1) is 0 Å². The zero-order valence-corrected chi connectivity index (χ0v) is 8.93. The zero-order chi connectivity index (χ0) is 11.3. The normalized spacial score (nSPS) is 21.9. The fourth-order valence-electron chi connectivity index (χ4n) is 1.13. The SMILES string of the molecule is CSC(=NC1CCC(=O)NC1=O)NC#N. The molecule has 2 amide bonds. The molecule has 0 aliphatic carbocycles. The van der Waals surface area contributed by atoms with Gasteiger partial charge in [-0.1, -0.05) is 11.8 Å². The van der Waals surface area contributed by atoms with Crippen molar-refractivity contribution in [2.24, 2.45) is 4.99 Å². The van der Waals surface area contributed by atoms with E-state index in [1.54, 1.807) is 12.4 Å². The van der Waals surface area contributed by atoms with Gasteiger partial charge in [0.1, 0.15) is 6.04 Å². The second-order valence-corrected chi connectivity index (χ2v) is 3.64. The van der Waals surface area contributed by atoms with Gasteiger partial charge in [0, 0.05) is 6.42 Å². The first kappa shape index (κ1) is 11.5. The quantitative estimate of drug-likeness (QED) is 0.208. The van der Waals surface area contributed by atoms with Gasteiger partial charge in [-0.05, 0) is 12.7 Å². The maximum atomic E-state index is 11.3. The van der Waals surface area contributed by atoms with Gasteiger partial charge in [-0.2, -0.15) is 5.26 Å². The minimum atomic E-state index is -0.578. The van der Waals surface area contributed by atoms with E-state index in [2.05, 4.69) is 15.6 Å². The van der Waals surface area contributed by atoms with Crippen LogP contribution in [-0.4, -0.2) is 29.3 Å². The van der Waals surface area contributed by atoms with Gasteiger partial charge in [0.05, 0.1) is 0 Å². The Balaban J connectivity index is 2.68. The molecule has 0 radical (unpaired) electrons. The van der Waals surface area contributed by atoms with Gasteiger partial charge >= 0.3 is 0 Å². The van der Waals surface area contributed by atoms with Crippen LogP contribution in [0.15, 0.2) is 4.99 Å². The number of aliphatic imine (C=N–C) groups is 1. The summed E-state index contributed by atoms with van der Waals surface area (Å²) in [4.78, 5) is 26.2. The van der Waals surface area contributed by atoms with Gasteiger partial charge in [0.25, 0.3) is 5.91 Å². The fraction of sp³-hybridized carbons (Fsp3) is 0.500. The van der Waals surface area contributed by atoms with Gasteiger partial charge < -0.3 is 0 Å².